The first-order valence-corrected chi connectivity index (χ1v) is 15.0. The molecule has 2 atom stereocenters. The zero-order valence-corrected chi connectivity index (χ0v) is 23.8. The number of likely N-dealkylation sites (tertiary alicyclic amines) is 2. The number of rotatable bonds is 6. The maximum absolute atomic E-state index is 13.6. The molecular formula is C32H43N3O6. The van der Waals surface area contributed by atoms with Gasteiger partial charge in [0, 0.05) is 32.6 Å². The van der Waals surface area contributed by atoms with E-state index < -0.39 is 17.6 Å². The predicted molar refractivity (Wildman–Crippen MR) is 155 cm³/mol. The number of ether oxygens (including phenoxy) is 2. The van der Waals surface area contributed by atoms with E-state index in [-0.39, 0.29) is 24.8 Å². The van der Waals surface area contributed by atoms with E-state index in [1.54, 1.807) is 6.07 Å². The molecule has 0 radical (unpaired) electrons. The van der Waals surface area contributed by atoms with Gasteiger partial charge in [0.05, 0.1) is 24.4 Å². The third-order valence-electron chi connectivity index (χ3n) is 8.81. The standard InChI is InChI=1S/C32H43N3O6/c36-26-20-24-8-1-3-10-28(24)41-22-30(38)33-23-32(21-27(26)37)12-17-35(18-13-32)31(39)25-9-2-4-11-29(25)40-19-7-16-34-14-5-6-15-34/h1-4,8-11,26-27,36-37H,5-7,12-23H2,(H,33,38)/t26-,27+/m0/s1. The maximum Gasteiger partial charge on any atom is 0.257 e. The number of piperidine rings is 1. The predicted octanol–water partition coefficient (Wildman–Crippen LogP) is 2.64. The highest BCUT2D eigenvalue weighted by molar-refractivity contribution is 5.97. The molecule has 3 N–H and O–H groups in total. The van der Waals surface area contributed by atoms with E-state index in [0.717, 1.165) is 31.6 Å². The van der Waals surface area contributed by atoms with Crippen molar-refractivity contribution in [1.29, 1.82) is 0 Å². The average molecular weight is 566 g/mol. The van der Waals surface area contributed by atoms with Crippen LogP contribution in [0, 0.1) is 5.41 Å². The van der Waals surface area contributed by atoms with Gasteiger partial charge >= 0.3 is 0 Å². The Bertz CT molecular complexity index is 1180. The highest BCUT2D eigenvalue weighted by Crippen LogP contribution is 2.38. The number of aliphatic hydroxyl groups is 2. The molecule has 0 aliphatic carbocycles. The van der Waals surface area contributed by atoms with Gasteiger partial charge in [-0.05, 0) is 80.8 Å². The molecular weight excluding hydrogens is 522 g/mol. The molecule has 3 aliphatic rings. The van der Waals surface area contributed by atoms with Gasteiger partial charge < -0.3 is 34.8 Å². The van der Waals surface area contributed by atoms with Crippen molar-refractivity contribution in [2.24, 2.45) is 5.41 Å². The minimum atomic E-state index is -0.976. The smallest absolute Gasteiger partial charge is 0.257 e. The maximum atomic E-state index is 13.6. The molecule has 0 unspecified atom stereocenters. The molecule has 2 fully saturated rings. The summed E-state index contributed by atoms with van der Waals surface area (Å²) in [5, 5.41) is 24.9. The van der Waals surface area contributed by atoms with Crippen LogP contribution in [0.5, 0.6) is 11.5 Å². The van der Waals surface area contributed by atoms with E-state index in [1.165, 1.54) is 12.8 Å². The van der Waals surface area contributed by atoms with Crippen molar-refractivity contribution in [3.8, 4) is 11.5 Å². The van der Waals surface area contributed by atoms with Crippen LogP contribution in [0.3, 0.4) is 0 Å². The number of nitrogens with one attached hydrogen (secondary N) is 1. The number of nitrogens with zero attached hydrogens (tertiary/aromatic N) is 2. The molecule has 0 saturated carbocycles. The molecule has 2 aromatic carbocycles. The largest absolute Gasteiger partial charge is 0.493 e. The number of aliphatic hydroxyl groups excluding tert-OH is 2. The molecule has 0 bridgehead atoms. The minimum absolute atomic E-state index is 0.0715. The molecule has 2 amide bonds. The van der Waals surface area contributed by atoms with Crippen LogP contribution in [0.25, 0.3) is 0 Å². The van der Waals surface area contributed by atoms with Crippen molar-refractivity contribution in [3.05, 3.63) is 59.7 Å². The van der Waals surface area contributed by atoms with Gasteiger partial charge in [-0.1, -0.05) is 30.3 Å². The Morgan fingerprint density at radius 3 is 2.54 bits per heavy atom. The lowest BCUT2D eigenvalue weighted by molar-refractivity contribution is -0.124. The molecule has 1 spiro atoms. The second kappa shape index (κ2) is 13.7. The van der Waals surface area contributed by atoms with Crippen molar-refractivity contribution in [2.75, 3.05) is 52.5 Å². The summed E-state index contributed by atoms with van der Waals surface area (Å²) in [4.78, 5) is 30.5. The summed E-state index contributed by atoms with van der Waals surface area (Å²) in [6.07, 6.45) is 3.26. The van der Waals surface area contributed by atoms with Crippen LogP contribution < -0.4 is 14.8 Å². The van der Waals surface area contributed by atoms with Crippen LogP contribution in [0.1, 0.15) is 54.4 Å². The first-order chi connectivity index (χ1) is 19.9. The Morgan fingerprint density at radius 1 is 1.00 bits per heavy atom. The zero-order chi connectivity index (χ0) is 28.7. The summed E-state index contributed by atoms with van der Waals surface area (Å²) in [5.74, 6) is 0.838. The Kier molecular flexibility index (Phi) is 9.80. The fourth-order valence-electron chi connectivity index (χ4n) is 6.29. The molecule has 3 heterocycles. The summed E-state index contributed by atoms with van der Waals surface area (Å²) < 4.78 is 11.8. The van der Waals surface area contributed by atoms with Gasteiger partial charge in [0.25, 0.3) is 11.8 Å². The van der Waals surface area contributed by atoms with Crippen LogP contribution in [0.2, 0.25) is 0 Å². The van der Waals surface area contributed by atoms with Crippen molar-refractivity contribution < 1.29 is 29.3 Å². The number of benzene rings is 2. The van der Waals surface area contributed by atoms with Crippen molar-refractivity contribution >= 4 is 11.8 Å². The molecule has 41 heavy (non-hydrogen) atoms. The van der Waals surface area contributed by atoms with Crippen LogP contribution in [0.4, 0.5) is 0 Å². The zero-order valence-electron chi connectivity index (χ0n) is 23.8. The number of carbonyl (C=O) groups is 2. The monoisotopic (exact) mass is 565 g/mol. The lowest BCUT2D eigenvalue weighted by Crippen LogP contribution is -2.51. The van der Waals surface area contributed by atoms with E-state index in [9.17, 15) is 19.8 Å². The van der Waals surface area contributed by atoms with Gasteiger partial charge in [-0.3, -0.25) is 9.59 Å². The summed E-state index contributed by atoms with van der Waals surface area (Å²) in [6.45, 7) is 5.10. The van der Waals surface area contributed by atoms with E-state index in [1.807, 2.05) is 47.4 Å². The fourth-order valence-corrected chi connectivity index (χ4v) is 6.29. The van der Waals surface area contributed by atoms with Gasteiger partial charge in [-0.2, -0.15) is 0 Å². The Hall–Kier alpha value is -3.14. The molecule has 0 aromatic heterocycles. The number of fused-ring (bicyclic) bond motifs is 1. The highest BCUT2D eigenvalue weighted by atomic mass is 16.5. The summed E-state index contributed by atoms with van der Waals surface area (Å²) >= 11 is 0. The molecule has 9 nitrogen and oxygen atoms in total. The summed E-state index contributed by atoms with van der Waals surface area (Å²) in [6, 6.07) is 14.7. The Morgan fingerprint density at radius 2 is 1.73 bits per heavy atom. The van der Waals surface area contributed by atoms with Crippen LogP contribution in [0.15, 0.2) is 48.5 Å². The topological polar surface area (TPSA) is 112 Å². The van der Waals surface area contributed by atoms with Crippen LogP contribution in [-0.2, 0) is 11.2 Å². The van der Waals surface area contributed by atoms with Crippen LogP contribution in [-0.4, -0.2) is 96.5 Å². The fraction of sp³-hybridized carbons (Fsp3) is 0.562. The number of carbonyl (C=O) groups excluding carboxylic acids is 2. The second-order valence-corrected chi connectivity index (χ2v) is 11.8. The van der Waals surface area contributed by atoms with Gasteiger partial charge in [0.1, 0.15) is 11.5 Å². The first-order valence-electron chi connectivity index (χ1n) is 15.0. The van der Waals surface area contributed by atoms with Gasteiger partial charge in [0.2, 0.25) is 0 Å². The van der Waals surface area contributed by atoms with Gasteiger partial charge in [0.15, 0.2) is 6.61 Å². The third-order valence-corrected chi connectivity index (χ3v) is 8.81. The van der Waals surface area contributed by atoms with Gasteiger partial charge in [-0.15, -0.1) is 0 Å². The Labute approximate surface area is 242 Å². The van der Waals surface area contributed by atoms with Crippen molar-refractivity contribution in [2.45, 2.75) is 57.2 Å². The lowest BCUT2D eigenvalue weighted by atomic mass is 9.73. The number of amides is 2. The first kappa shape index (κ1) is 29.4. The lowest BCUT2D eigenvalue weighted by Gasteiger charge is -2.43. The van der Waals surface area contributed by atoms with Crippen molar-refractivity contribution in [3.63, 3.8) is 0 Å². The highest BCUT2D eigenvalue weighted by Gasteiger charge is 2.40. The molecule has 5 rings (SSSR count). The number of hydrogen-bond donors (Lipinski definition) is 3. The molecule has 222 valence electrons. The van der Waals surface area contributed by atoms with E-state index in [0.29, 0.717) is 62.6 Å². The van der Waals surface area contributed by atoms with E-state index in [2.05, 4.69) is 10.2 Å². The molecule has 2 saturated heterocycles. The number of para-hydroxylation sites is 2. The normalized spacial score (nSPS) is 23.6. The summed E-state index contributed by atoms with van der Waals surface area (Å²) in [7, 11) is 0. The second-order valence-electron chi connectivity index (χ2n) is 11.8. The van der Waals surface area contributed by atoms with E-state index >= 15 is 0 Å². The van der Waals surface area contributed by atoms with Gasteiger partial charge in [-0.25, -0.2) is 0 Å². The SMILES string of the molecule is O=C1COc2ccccc2C[C@H](O)[C@H](O)CC2(CCN(C(=O)c3ccccc3OCCCN3CCCC3)CC2)CN1. The van der Waals surface area contributed by atoms with Crippen LogP contribution >= 0.6 is 0 Å². The van der Waals surface area contributed by atoms with Crippen molar-refractivity contribution in [1.82, 2.24) is 15.1 Å². The average Bonchev–Trinajstić information content (AvgIpc) is 3.51. The van der Waals surface area contributed by atoms with E-state index in [4.69, 9.17) is 9.47 Å². The molecule has 2 aromatic rings. The quantitative estimate of drug-likeness (QED) is 0.462. The number of hydrogen-bond acceptors (Lipinski definition) is 7. The molecule has 3 aliphatic heterocycles. The Balaban J connectivity index is 1.21. The summed E-state index contributed by atoms with van der Waals surface area (Å²) in [5.41, 5.74) is 0.860. The molecule has 9 heteroatoms. The third kappa shape index (κ3) is 7.58. The minimum Gasteiger partial charge on any atom is -0.493 e.